The molecule has 0 spiro atoms. The second-order valence-electron chi connectivity index (χ2n) is 4.19. The minimum Gasteiger partial charge on any atom is -0.383 e. The van der Waals surface area contributed by atoms with Crippen LogP contribution in [-0.2, 0) is 11.3 Å². The molecule has 1 aromatic carbocycles. The van der Waals surface area contributed by atoms with Gasteiger partial charge in [0.2, 0.25) is 0 Å². The number of ether oxygens (including phenoxy) is 1. The lowest BCUT2D eigenvalue weighted by Crippen LogP contribution is -2.18. The van der Waals surface area contributed by atoms with Crippen LogP contribution in [0.4, 0.5) is 4.39 Å². The normalized spacial score (nSPS) is 10.9. The summed E-state index contributed by atoms with van der Waals surface area (Å²) in [6.45, 7) is 3.94. The minimum atomic E-state index is -0.245. The summed E-state index contributed by atoms with van der Waals surface area (Å²) in [6.07, 6.45) is 0. The molecule has 0 unspecified atom stereocenters. The fourth-order valence-electron chi connectivity index (χ4n) is 1.67. The minimum absolute atomic E-state index is 0.245. The lowest BCUT2D eigenvalue weighted by atomic mass is 10.1. The van der Waals surface area contributed by atoms with E-state index < -0.39 is 0 Å². The fourth-order valence-corrected chi connectivity index (χ4v) is 2.47. The van der Waals surface area contributed by atoms with Gasteiger partial charge in [-0.2, -0.15) is 0 Å². The molecule has 2 rings (SSSR count). The highest BCUT2D eigenvalue weighted by atomic mass is 32.1. The molecular weight excluding hydrogens is 265 g/mol. The van der Waals surface area contributed by atoms with Gasteiger partial charge in [-0.05, 0) is 30.7 Å². The first kappa shape index (κ1) is 14.0. The van der Waals surface area contributed by atoms with Crippen molar-refractivity contribution in [1.29, 1.82) is 0 Å². The number of methoxy groups -OCH3 is 1. The van der Waals surface area contributed by atoms with Gasteiger partial charge in [0.15, 0.2) is 0 Å². The molecule has 0 aliphatic heterocycles. The molecule has 0 fully saturated rings. The summed E-state index contributed by atoms with van der Waals surface area (Å²) >= 11 is 1.47. The zero-order chi connectivity index (χ0) is 13.7. The molecule has 102 valence electrons. The molecule has 0 saturated carbocycles. The number of halogens is 1. The molecule has 1 heterocycles. The standard InChI is InChI=1S/C13H16FN3OS/c1-9-5-10(7-11(14)6-9)13-17-16-12(19-13)8-15-3-4-18-2/h5-7,15H,3-4,8H2,1-2H3. The molecular formula is C13H16FN3OS. The van der Waals surface area contributed by atoms with Gasteiger partial charge in [-0.3, -0.25) is 0 Å². The molecule has 1 N–H and O–H groups in total. The Balaban J connectivity index is 2.03. The number of nitrogens with zero attached hydrogens (tertiary/aromatic N) is 2. The van der Waals surface area contributed by atoms with Crippen molar-refractivity contribution in [2.24, 2.45) is 0 Å². The van der Waals surface area contributed by atoms with E-state index in [4.69, 9.17) is 4.74 Å². The number of benzene rings is 1. The maximum Gasteiger partial charge on any atom is 0.147 e. The zero-order valence-electron chi connectivity index (χ0n) is 10.9. The van der Waals surface area contributed by atoms with Crippen LogP contribution in [0.2, 0.25) is 0 Å². The summed E-state index contributed by atoms with van der Waals surface area (Å²) in [5.41, 5.74) is 1.66. The van der Waals surface area contributed by atoms with Gasteiger partial charge in [0.1, 0.15) is 15.8 Å². The SMILES string of the molecule is COCCNCc1nnc(-c2cc(C)cc(F)c2)s1. The first-order valence-electron chi connectivity index (χ1n) is 5.98. The van der Waals surface area contributed by atoms with Crippen LogP contribution in [0, 0.1) is 12.7 Å². The maximum absolute atomic E-state index is 13.3. The average Bonchev–Trinajstić information content (AvgIpc) is 2.82. The number of hydrogen-bond acceptors (Lipinski definition) is 5. The molecule has 0 bridgehead atoms. The Kier molecular flexibility index (Phi) is 4.95. The number of aromatic nitrogens is 2. The third-order valence-electron chi connectivity index (χ3n) is 2.52. The van der Waals surface area contributed by atoms with E-state index >= 15 is 0 Å². The highest BCUT2D eigenvalue weighted by Crippen LogP contribution is 2.25. The van der Waals surface area contributed by atoms with Crippen LogP contribution in [0.1, 0.15) is 10.6 Å². The van der Waals surface area contributed by atoms with E-state index in [2.05, 4.69) is 15.5 Å². The van der Waals surface area contributed by atoms with Gasteiger partial charge >= 0.3 is 0 Å². The summed E-state index contributed by atoms with van der Waals surface area (Å²) in [6, 6.07) is 4.89. The molecule has 1 aromatic heterocycles. The van der Waals surface area contributed by atoms with E-state index in [1.165, 1.54) is 23.5 Å². The van der Waals surface area contributed by atoms with Crippen LogP contribution >= 0.6 is 11.3 Å². The second-order valence-corrected chi connectivity index (χ2v) is 5.25. The van der Waals surface area contributed by atoms with Crippen LogP contribution in [0.25, 0.3) is 10.6 Å². The third-order valence-corrected chi connectivity index (χ3v) is 3.49. The summed E-state index contributed by atoms with van der Waals surface area (Å²) in [4.78, 5) is 0. The van der Waals surface area contributed by atoms with Gasteiger partial charge in [-0.25, -0.2) is 4.39 Å². The van der Waals surface area contributed by atoms with E-state index in [1.807, 2.05) is 13.0 Å². The van der Waals surface area contributed by atoms with Gasteiger partial charge < -0.3 is 10.1 Å². The summed E-state index contributed by atoms with van der Waals surface area (Å²) < 4.78 is 18.3. The lowest BCUT2D eigenvalue weighted by molar-refractivity contribution is 0.199. The molecule has 2 aromatic rings. The van der Waals surface area contributed by atoms with Crippen molar-refractivity contribution < 1.29 is 9.13 Å². The molecule has 0 aliphatic rings. The first-order chi connectivity index (χ1) is 9.19. The van der Waals surface area contributed by atoms with Crippen LogP contribution in [0.15, 0.2) is 18.2 Å². The van der Waals surface area contributed by atoms with Crippen molar-refractivity contribution in [3.63, 3.8) is 0 Å². The van der Waals surface area contributed by atoms with Gasteiger partial charge in [-0.1, -0.05) is 11.3 Å². The third kappa shape index (κ3) is 4.05. The van der Waals surface area contributed by atoms with Gasteiger partial charge in [-0.15, -0.1) is 10.2 Å². The van der Waals surface area contributed by atoms with Crippen LogP contribution in [-0.4, -0.2) is 30.5 Å². The van der Waals surface area contributed by atoms with Crippen molar-refractivity contribution in [2.45, 2.75) is 13.5 Å². The lowest BCUT2D eigenvalue weighted by Gasteiger charge is -2.00. The molecule has 0 atom stereocenters. The number of rotatable bonds is 6. The molecule has 19 heavy (non-hydrogen) atoms. The van der Waals surface area contributed by atoms with Crippen molar-refractivity contribution in [1.82, 2.24) is 15.5 Å². The Morgan fingerprint density at radius 3 is 2.89 bits per heavy atom. The Hall–Kier alpha value is -1.37. The van der Waals surface area contributed by atoms with E-state index in [0.717, 1.165) is 27.7 Å². The van der Waals surface area contributed by atoms with Crippen LogP contribution in [0.5, 0.6) is 0 Å². The Morgan fingerprint density at radius 1 is 1.32 bits per heavy atom. The van der Waals surface area contributed by atoms with Crippen molar-refractivity contribution in [2.75, 3.05) is 20.3 Å². The Morgan fingerprint density at radius 2 is 2.16 bits per heavy atom. The predicted octanol–water partition coefficient (Wildman–Crippen LogP) is 2.39. The maximum atomic E-state index is 13.3. The number of hydrogen-bond donors (Lipinski definition) is 1. The highest BCUT2D eigenvalue weighted by Gasteiger charge is 2.08. The topological polar surface area (TPSA) is 47.0 Å². The number of aryl methyl sites for hydroxylation is 1. The molecule has 0 aliphatic carbocycles. The summed E-state index contributed by atoms with van der Waals surface area (Å²) in [5, 5.41) is 13.0. The predicted molar refractivity (Wildman–Crippen MR) is 73.6 cm³/mol. The van der Waals surface area contributed by atoms with E-state index in [-0.39, 0.29) is 5.82 Å². The molecule has 0 saturated heterocycles. The Labute approximate surface area is 115 Å². The van der Waals surface area contributed by atoms with Gasteiger partial charge in [0.25, 0.3) is 0 Å². The van der Waals surface area contributed by atoms with Crippen molar-refractivity contribution in [3.8, 4) is 10.6 Å². The molecule has 0 radical (unpaired) electrons. The molecule has 0 amide bonds. The number of nitrogens with one attached hydrogen (secondary N) is 1. The summed E-state index contributed by atoms with van der Waals surface area (Å²) in [5.74, 6) is -0.245. The van der Waals surface area contributed by atoms with Crippen molar-refractivity contribution in [3.05, 3.63) is 34.6 Å². The summed E-state index contributed by atoms with van der Waals surface area (Å²) in [7, 11) is 1.66. The largest absolute Gasteiger partial charge is 0.383 e. The molecule has 6 heteroatoms. The molecule has 4 nitrogen and oxygen atoms in total. The van der Waals surface area contributed by atoms with Gasteiger partial charge in [0.05, 0.1) is 6.61 Å². The second kappa shape index (κ2) is 6.70. The average molecular weight is 281 g/mol. The van der Waals surface area contributed by atoms with Crippen LogP contribution in [0.3, 0.4) is 0 Å². The van der Waals surface area contributed by atoms with Crippen molar-refractivity contribution >= 4 is 11.3 Å². The zero-order valence-corrected chi connectivity index (χ0v) is 11.8. The quantitative estimate of drug-likeness (QED) is 0.826. The highest BCUT2D eigenvalue weighted by molar-refractivity contribution is 7.14. The van der Waals surface area contributed by atoms with E-state index in [0.29, 0.717) is 13.2 Å². The monoisotopic (exact) mass is 281 g/mol. The van der Waals surface area contributed by atoms with Gasteiger partial charge in [0, 0.05) is 25.8 Å². The Bertz CT molecular complexity index is 524. The van der Waals surface area contributed by atoms with E-state index in [1.54, 1.807) is 7.11 Å². The fraction of sp³-hybridized carbons (Fsp3) is 0.385. The van der Waals surface area contributed by atoms with Crippen LogP contribution < -0.4 is 5.32 Å². The first-order valence-corrected chi connectivity index (χ1v) is 6.80. The smallest absolute Gasteiger partial charge is 0.147 e. The van der Waals surface area contributed by atoms with E-state index in [9.17, 15) is 4.39 Å².